The molecular formula is C9H18N2O2. The summed E-state index contributed by atoms with van der Waals surface area (Å²) in [4.78, 5) is 21.7. The molecule has 0 aliphatic heterocycles. The van der Waals surface area contributed by atoms with Crippen LogP contribution >= 0.6 is 0 Å². The Bertz CT molecular complexity index is 211. The maximum Gasteiger partial charge on any atom is 0.240 e. The largest absolute Gasteiger partial charge is 0.308 e. The van der Waals surface area contributed by atoms with Crippen LogP contribution in [0.15, 0.2) is 0 Å². The summed E-state index contributed by atoms with van der Waals surface area (Å²) in [6.45, 7) is 6.55. The maximum absolute atomic E-state index is 11.0. The van der Waals surface area contributed by atoms with Crippen LogP contribution < -0.4 is 10.6 Å². The van der Waals surface area contributed by atoms with Crippen LogP contribution in [0.25, 0.3) is 0 Å². The molecule has 2 amide bonds. The molecule has 0 fully saturated rings. The minimum Gasteiger partial charge on any atom is -0.308 e. The quantitative estimate of drug-likeness (QED) is 0.667. The lowest BCUT2D eigenvalue weighted by molar-refractivity contribution is -0.128. The van der Waals surface area contributed by atoms with Crippen molar-refractivity contribution >= 4 is 11.8 Å². The molecule has 0 aliphatic carbocycles. The average molecular weight is 187 g/mol. The molecule has 0 aliphatic rings. The lowest BCUT2D eigenvalue weighted by atomic mass is 9.97. The number of hydrogen-bond acceptors (Lipinski definition) is 3. The van der Waals surface area contributed by atoms with E-state index in [4.69, 9.17) is 1.37 Å². The average Bonchev–Trinajstić information content (AvgIpc) is 2.01. The van der Waals surface area contributed by atoms with Crippen LogP contribution in [0.4, 0.5) is 0 Å². The topological polar surface area (TPSA) is 58.2 Å². The summed E-state index contributed by atoms with van der Waals surface area (Å²) in [6.07, 6.45) is 0. The minimum atomic E-state index is -0.562. The van der Waals surface area contributed by atoms with E-state index in [1.165, 1.54) is 0 Å². The minimum absolute atomic E-state index is 0.111. The summed E-state index contributed by atoms with van der Waals surface area (Å²) in [7, 11) is 0. The van der Waals surface area contributed by atoms with Gasteiger partial charge >= 0.3 is 0 Å². The predicted molar refractivity (Wildman–Crippen MR) is 51.1 cm³/mol. The number of carbonyl (C=O) groups is 2. The van der Waals surface area contributed by atoms with E-state index < -0.39 is 12.8 Å². The smallest absolute Gasteiger partial charge is 0.240 e. The summed E-state index contributed by atoms with van der Waals surface area (Å²) in [5.74, 6) is -0.945. The molecule has 0 aromatic heterocycles. The van der Waals surface area contributed by atoms with E-state index >= 15 is 0 Å². The number of rotatable bonds is 3. The fourth-order valence-corrected chi connectivity index (χ4v) is 0.751. The molecule has 0 aromatic carbocycles. The summed E-state index contributed by atoms with van der Waals surface area (Å²) in [5, 5.41) is 5.02. The van der Waals surface area contributed by atoms with E-state index in [1.807, 2.05) is 20.8 Å². The third-order valence-electron chi connectivity index (χ3n) is 1.22. The second-order valence-electron chi connectivity index (χ2n) is 4.14. The van der Waals surface area contributed by atoms with E-state index in [1.54, 1.807) is 0 Å². The van der Waals surface area contributed by atoms with Crippen molar-refractivity contribution in [3.8, 4) is 0 Å². The van der Waals surface area contributed by atoms with Gasteiger partial charge in [0, 0.05) is 14.8 Å². The van der Waals surface area contributed by atoms with Crippen LogP contribution in [0.5, 0.6) is 0 Å². The first-order valence-corrected chi connectivity index (χ1v) is 4.18. The van der Waals surface area contributed by atoms with Crippen molar-refractivity contribution in [1.29, 1.82) is 0 Å². The molecule has 0 unspecified atom stereocenters. The van der Waals surface area contributed by atoms with Crippen LogP contribution in [0.2, 0.25) is 0 Å². The first-order valence-electron chi connectivity index (χ1n) is 4.88. The van der Waals surface area contributed by atoms with Crippen LogP contribution in [-0.2, 0) is 9.59 Å². The van der Waals surface area contributed by atoms with Crippen LogP contribution in [0.3, 0.4) is 0 Å². The molecule has 2 N–H and O–H groups in total. The molecule has 0 rings (SSSR count). The Kier molecular flexibility index (Phi) is 3.89. The van der Waals surface area contributed by atoms with Crippen molar-refractivity contribution in [2.24, 2.45) is 5.41 Å². The van der Waals surface area contributed by atoms with Crippen molar-refractivity contribution in [1.82, 2.24) is 10.6 Å². The molecular weight excluding hydrogens is 168 g/mol. The van der Waals surface area contributed by atoms with Gasteiger partial charge in [-0.1, -0.05) is 20.8 Å². The van der Waals surface area contributed by atoms with Gasteiger partial charge in [0.1, 0.15) is 0 Å². The summed E-state index contributed by atoms with van der Waals surface area (Å²) in [5.41, 5.74) is 0.111. The van der Waals surface area contributed by atoms with Gasteiger partial charge in [-0.2, -0.15) is 0 Å². The Hall–Kier alpha value is -0.900. The highest BCUT2D eigenvalue weighted by Gasteiger charge is 2.10. The third-order valence-corrected chi connectivity index (χ3v) is 1.22. The molecule has 4 nitrogen and oxygen atoms in total. The molecule has 76 valence electrons. The van der Waals surface area contributed by atoms with E-state index in [2.05, 4.69) is 10.6 Å². The molecule has 4 heteroatoms. The van der Waals surface area contributed by atoms with Gasteiger partial charge < -0.3 is 5.32 Å². The molecule has 0 radical (unpaired) electrons. The van der Waals surface area contributed by atoms with Crippen molar-refractivity contribution in [3.05, 3.63) is 0 Å². The lowest BCUT2D eigenvalue weighted by Gasteiger charge is -2.18. The molecule has 0 spiro atoms. The van der Waals surface area contributed by atoms with E-state index in [0.29, 0.717) is 6.54 Å². The number of imide groups is 1. The number of amides is 2. The molecule has 0 saturated carbocycles. The third kappa shape index (κ3) is 9.01. The number of nitrogens with one attached hydrogen (secondary N) is 2. The van der Waals surface area contributed by atoms with E-state index in [-0.39, 0.29) is 17.9 Å². The van der Waals surface area contributed by atoms with Crippen molar-refractivity contribution < 1.29 is 11.0 Å². The van der Waals surface area contributed by atoms with Gasteiger partial charge in [0.05, 0.1) is 6.54 Å². The van der Waals surface area contributed by atoms with Gasteiger partial charge in [-0.15, -0.1) is 0 Å². The summed E-state index contributed by atoms with van der Waals surface area (Å²) < 4.78 is 6.69. The molecule has 13 heavy (non-hydrogen) atoms. The van der Waals surface area contributed by atoms with Crippen molar-refractivity contribution in [2.75, 3.05) is 13.1 Å². The Morgan fingerprint density at radius 1 is 1.38 bits per heavy atom. The zero-order valence-corrected chi connectivity index (χ0v) is 8.44. The Labute approximate surface area is 80.5 Å². The van der Waals surface area contributed by atoms with E-state index in [0.717, 1.165) is 0 Å². The normalized spacial score (nSPS) is 12.1. The predicted octanol–water partition coefficient (Wildman–Crippen LogP) is 0.285. The first-order chi connectivity index (χ1) is 6.35. The van der Waals surface area contributed by atoms with Gasteiger partial charge in [-0.25, -0.2) is 0 Å². The summed E-state index contributed by atoms with van der Waals surface area (Å²) in [6, 6.07) is 0. The van der Waals surface area contributed by atoms with Gasteiger partial charge in [-0.3, -0.25) is 14.9 Å². The fraction of sp³-hybridized carbons (Fsp3) is 0.778. The first kappa shape index (κ1) is 10.2. The van der Waals surface area contributed by atoms with Gasteiger partial charge in [0.2, 0.25) is 11.8 Å². The molecule has 0 heterocycles. The molecule has 0 atom stereocenters. The molecule has 0 saturated heterocycles. The van der Waals surface area contributed by atoms with Crippen LogP contribution in [-0.4, -0.2) is 24.9 Å². The Morgan fingerprint density at radius 3 is 2.46 bits per heavy atom. The number of hydrogen-bond donors (Lipinski definition) is 2. The van der Waals surface area contributed by atoms with Crippen molar-refractivity contribution in [3.63, 3.8) is 0 Å². The summed E-state index contributed by atoms with van der Waals surface area (Å²) >= 11 is 0. The van der Waals surface area contributed by atoms with E-state index in [9.17, 15) is 9.59 Å². The molecule has 0 aromatic rings. The van der Waals surface area contributed by atoms with Gasteiger partial charge in [-0.05, 0) is 5.41 Å². The Balaban J connectivity index is 3.60. The fourth-order valence-electron chi connectivity index (χ4n) is 0.751. The highest BCUT2D eigenvalue weighted by atomic mass is 16.2. The lowest BCUT2D eigenvalue weighted by Crippen LogP contribution is -2.39. The maximum atomic E-state index is 11.0. The zero-order valence-electron chi connectivity index (χ0n) is 9.44. The number of carbonyl (C=O) groups excluding carboxylic acids is 2. The second kappa shape index (κ2) is 4.97. The monoisotopic (exact) mass is 187 g/mol. The van der Waals surface area contributed by atoms with Gasteiger partial charge in [0.25, 0.3) is 0 Å². The highest BCUT2D eigenvalue weighted by molar-refractivity contribution is 5.94. The van der Waals surface area contributed by atoms with Crippen LogP contribution in [0, 0.1) is 5.41 Å². The zero-order chi connectivity index (χ0) is 11.2. The molecule has 0 bridgehead atoms. The standard InChI is InChI=1S/C9H18N2O2/c1-7(12)11-8(13)5-10-6-9(2,3)4/h10H,5-6H2,1-4H3,(H,11,12,13)/i1D. The second-order valence-corrected chi connectivity index (χ2v) is 4.14. The SMILES string of the molecule is [2H]CC(=O)NC(=O)CNCC(C)(C)C. The highest BCUT2D eigenvalue weighted by Crippen LogP contribution is 2.09. The van der Waals surface area contributed by atoms with Crippen molar-refractivity contribution in [2.45, 2.75) is 27.7 Å². The van der Waals surface area contributed by atoms with Crippen LogP contribution in [0.1, 0.15) is 29.0 Å². The Morgan fingerprint density at radius 2 is 2.00 bits per heavy atom. The van der Waals surface area contributed by atoms with Gasteiger partial charge in [0.15, 0.2) is 0 Å².